The first-order valence-electron chi connectivity index (χ1n) is 7.12. The van der Waals surface area contributed by atoms with Crippen molar-refractivity contribution < 1.29 is 14.3 Å². The van der Waals surface area contributed by atoms with Crippen LogP contribution in [-0.4, -0.2) is 42.2 Å². The van der Waals surface area contributed by atoms with Gasteiger partial charge in [0.05, 0.1) is 6.54 Å². The first-order chi connectivity index (χ1) is 9.41. The molecule has 0 aliphatic rings. The largest absolute Gasteiger partial charge is 0.455 e. The second-order valence-electron chi connectivity index (χ2n) is 5.73. The van der Waals surface area contributed by atoms with Crippen LogP contribution in [0.3, 0.4) is 0 Å². The summed E-state index contributed by atoms with van der Waals surface area (Å²) in [4.78, 5) is 14.2. The molecule has 1 heterocycles. The van der Waals surface area contributed by atoms with E-state index < -0.39 is 0 Å². The number of carbonyl (C=O) groups excluding carboxylic acids is 1. The molecule has 1 rings (SSSR count). The lowest BCUT2D eigenvalue weighted by Crippen LogP contribution is -2.35. The van der Waals surface area contributed by atoms with Crippen LogP contribution in [0.25, 0.3) is 0 Å². The summed E-state index contributed by atoms with van der Waals surface area (Å²) >= 11 is 0. The maximum Gasteiger partial charge on any atom is 0.287 e. The number of aliphatic hydroxyl groups is 1. The molecular weight excluding hydrogens is 256 g/mol. The van der Waals surface area contributed by atoms with E-state index in [0.29, 0.717) is 18.8 Å². The molecule has 114 valence electrons. The highest BCUT2D eigenvalue weighted by atomic mass is 16.4. The van der Waals surface area contributed by atoms with Crippen molar-refractivity contribution >= 4 is 5.91 Å². The zero-order chi connectivity index (χ0) is 15.2. The van der Waals surface area contributed by atoms with Gasteiger partial charge in [-0.3, -0.25) is 9.69 Å². The number of nitrogens with one attached hydrogen (secondary N) is 1. The van der Waals surface area contributed by atoms with E-state index in [1.807, 2.05) is 19.9 Å². The van der Waals surface area contributed by atoms with Crippen LogP contribution < -0.4 is 5.32 Å². The number of hydrogen-bond acceptors (Lipinski definition) is 4. The van der Waals surface area contributed by atoms with Crippen LogP contribution in [0.2, 0.25) is 0 Å². The van der Waals surface area contributed by atoms with E-state index in [9.17, 15) is 4.79 Å². The van der Waals surface area contributed by atoms with Crippen molar-refractivity contribution in [2.24, 2.45) is 5.41 Å². The Bertz CT molecular complexity index is 423. The second kappa shape index (κ2) is 7.45. The first-order valence-corrected chi connectivity index (χ1v) is 7.12. The van der Waals surface area contributed by atoms with Gasteiger partial charge < -0.3 is 14.8 Å². The highest BCUT2D eigenvalue weighted by Gasteiger charge is 2.19. The smallest absolute Gasteiger partial charge is 0.287 e. The van der Waals surface area contributed by atoms with Gasteiger partial charge in [-0.1, -0.05) is 27.7 Å². The molecule has 0 aliphatic heterocycles. The molecule has 0 bridgehead atoms. The van der Waals surface area contributed by atoms with Crippen LogP contribution in [0.5, 0.6) is 0 Å². The third-order valence-corrected chi connectivity index (χ3v) is 3.31. The molecule has 1 amide bonds. The summed E-state index contributed by atoms with van der Waals surface area (Å²) in [7, 11) is 0. The van der Waals surface area contributed by atoms with E-state index in [2.05, 4.69) is 24.1 Å². The Labute approximate surface area is 121 Å². The zero-order valence-electron chi connectivity index (χ0n) is 12.9. The van der Waals surface area contributed by atoms with E-state index in [-0.39, 0.29) is 17.9 Å². The number of amides is 1. The molecule has 20 heavy (non-hydrogen) atoms. The molecule has 0 atom stereocenters. The Balaban J connectivity index is 2.56. The highest BCUT2D eigenvalue weighted by molar-refractivity contribution is 5.91. The van der Waals surface area contributed by atoms with Gasteiger partial charge in [-0.25, -0.2) is 0 Å². The van der Waals surface area contributed by atoms with Gasteiger partial charge in [-0.05, 0) is 25.2 Å². The maximum absolute atomic E-state index is 11.9. The highest BCUT2D eigenvalue weighted by Crippen LogP contribution is 2.13. The van der Waals surface area contributed by atoms with Gasteiger partial charge >= 0.3 is 0 Å². The number of hydrogen-bond donors (Lipinski definition) is 2. The predicted octanol–water partition coefficient (Wildman–Crippen LogP) is 1.87. The molecule has 5 heteroatoms. The molecular formula is C15H26N2O3. The minimum absolute atomic E-state index is 0.0264. The Kier molecular flexibility index (Phi) is 6.23. The SMILES string of the molecule is CCN(CC)Cc1ccc(C(=O)NCC(C)(C)CO)o1. The van der Waals surface area contributed by atoms with Crippen LogP contribution in [-0.2, 0) is 6.54 Å². The average Bonchev–Trinajstić information content (AvgIpc) is 2.91. The number of furan rings is 1. The topological polar surface area (TPSA) is 65.7 Å². The van der Waals surface area contributed by atoms with Crippen LogP contribution in [0.4, 0.5) is 0 Å². The lowest BCUT2D eigenvalue weighted by Gasteiger charge is -2.21. The van der Waals surface area contributed by atoms with Crippen LogP contribution in [0, 0.1) is 5.41 Å². The van der Waals surface area contributed by atoms with E-state index in [0.717, 1.165) is 18.8 Å². The predicted molar refractivity (Wildman–Crippen MR) is 78.5 cm³/mol. The number of aliphatic hydroxyl groups excluding tert-OH is 1. The Morgan fingerprint density at radius 1 is 1.35 bits per heavy atom. The fraction of sp³-hybridized carbons (Fsp3) is 0.667. The van der Waals surface area contributed by atoms with Gasteiger partial charge in [0.2, 0.25) is 0 Å². The maximum atomic E-state index is 11.9. The summed E-state index contributed by atoms with van der Waals surface area (Å²) in [5, 5.41) is 11.9. The van der Waals surface area contributed by atoms with Crippen molar-refractivity contribution in [3.63, 3.8) is 0 Å². The molecule has 0 saturated heterocycles. The number of rotatable bonds is 8. The quantitative estimate of drug-likeness (QED) is 0.764. The molecule has 0 fully saturated rings. The van der Waals surface area contributed by atoms with Gasteiger partial charge in [0.15, 0.2) is 5.76 Å². The summed E-state index contributed by atoms with van der Waals surface area (Å²) in [5.41, 5.74) is -0.327. The molecule has 0 radical (unpaired) electrons. The fourth-order valence-corrected chi connectivity index (χ4v) is 1.72. The minimum Gasteiger partial charge on any atom is -0.455 e. The molecule has 1 aromatic rings. The summed E-state index contributed by atoms with van der Waals surface area (Å²) in [6, 6.07) is 3.53. The van der Waals surface area contributed by atoms with Crippen molar-refractivity contribution in [1.82, 2.24) is 10.2 Å². The van der Waals surface area contributed by atoms with E-state index in [1.54, 1.807) is 6.07 Å². The van der Waals surface area contributed by atoms with E-state index in [4.69, 9.17) is 9.52 Å². The first kappa shape index (κ1) is 16.7. The lowest BCUT2D eigenvalue weighted by atomic mass is 9.95. The van der Waals surface area contributed by atoms with Crippen molar-refractivity contribution in [1.29, 1.82) is 0 Å². The standard InChI is InChI=1S/C15H26N2O3/c1-5-17(6-2)9-12-7-8-13(20-12)14(19)16-10-15(3,4)11-18/h7-8,18H,5-6,9-11H2,1-4H3,(H,16,19). The average molecular weight is 282 g/mol. The Morgan fingerprint density at radius 2 is 2.00 bits per heavy atom. The third kappa shape index (κ3) is 4.98. The Morgan fingerprint density at radius 3 is 2.55 bits per heavy atom. The monoisotopic (exact) mass is 282 g/mol. The second-order valence-corrected chi connectivity index (χ2v) is 5.73. The normalized spacial score (nSPS) is 11.9. The van der Waals surface area contributed by atoms with Crippen LogP contribution in [0.1, 0.15) is 44.0 Å². The fourth-order valence-electron chi connectivity index (χ4n) is 1.72. The molecule has 2 N–H and O–H groups in total. The van der Waals surface area contributed by atoms with Gasteiger partial charge in [0.1, 0.15) is 5.76 Å². The number of nitrogens with zero attached hydrogens (tertiary/aromatic N) is 1. The van der Waals surface area contributed by atoms with E-state index >= 15 is 0 Å². The number of carbonyl (C=O) groups is 1. The van der Waals surface area contributed by atoms with Gasteiger partial charge in [-0.2, -0.15) is 0 Å². The molecule has 5 nitrogen and oxygen atoms in total. The molecule has 1 aromatic heterocycles. The molecule has 0 spiro atoms. The van der Waals surface area contributed by atoms with Gasteiger partial charge in [0, 0.05) is 18.6 Å². The van der Waals surface area contributed by atoms with Crippen molar-refractivity contribution in [3.05, 3.63) is 23.7 Å². The van der Waals surface area contributed by atoms with Gasteiger partial charge in [0.25, 0.3) is 5.91 Å². The summed E-state index contributed by atoms with van der Waals surface area (Å²) in [6.45, 7) is 11.0. The van der Waals surface area contributed by atoms with Crippen molar-refractivity contribution in [2.75, 3.05) is 26.2 Å². The van der Waals surface area contributed by atoms with Crippen LogP contribution in [0.15, 0.2) is 16.5 Å². The zero-order valence-corrected chi connectivity index (χ0v) is 12.9. The molecule has 0 unspecified atom stereocenters. The minimum atomic E-state index is -0.327. The van der Waals surface area contributed by atoms with Crippen molar-refractivity contribution in [3.8, 4) is 0 Å². The lowest BCUT2D eigenvalue weighted by molar-refractivity contribution is 0.0880. The van der Waals surface area contributed by atoms with Gasteiger partial charge in [-0.15, -0.1) is 0 Å². The third-order valence-electron chi connectivity index (χ3n) is 3.31. The van der Waals surface area contributed by atoms with Crippen LogP contribution >= 0.6 is 0 Å². The summed E-state index contributed by atoms with van der Waals surface area (Å²) in [6.07, 6.45) is 0. The summed E-state index contributed by atoms with van der Waals surface area (Å²) in [5.74, 6) is 0.874. The summed E-state index contributed by atoms with van der Waals surface area (Å²) < 4.78 is 5.56. The Hall–Kier alpha value is -1.33. The van der Waals surface area contributed by atoms with Crippen molar-refractivity contribution in [2.45, 2.75) is 34.2 Å². The molecule has 0 aromatic carbocycles. The van der Waals surface area contributed by atoms with E-state index in [1.165, 1.54) is 0 Å². The molecule has 0 saturated carbocycles. The molecule has 0 aliphatic carbocycles.